The average Bonchev–Trinajstić information content (AvgIpc) is 2.99. The van der Waals surface area contributed by atoms with E-state index < -0.39 is 0 Å². The maximum absolute atomic E-state index is 5.55. The van der Waals surface area contributed by atoms with Gasteiger partial charge in [-0.05, 0) is 38.1 Å². The van der Waals surface area contributed by atoms with E-state index in [1.54, 1.807) is 0 Å². The summed E-state index contributed by atoms with van der Waals surface area (Å²) in [7, 11) is 0. The van der Waals surface area contributed by atoms with Crippen molar-refractivity contribution in [2.24, 2.45) is 0 Å². The van der Waals surface area contributed by atoms with Crippen LogP contribution in [0.1, 0.15) is 18.4 Å². The molecule has 4 heteroatoms. The maximum Gasteiger partial charge on any atom is 0.204 e. The summed E-state index contributed by atoms with van der Waals surface area (Å²) in [5.74, 6) is 2.74. The standard InChI is InChI=1S/C15H17N3O/c1-3-18-14-7-5-4-6-13(14)17-15(18)16-10-12-9-8-11(2)19-12/h4-9H,3,10H2,1-2H3,(H,16,17). The SMILES string of the molecule is CCn1c(NCc2ccc(C)o2)nc2ccccc21. The molecule has 2 aromatic heterocycles. The number of anilines is 1. The zero-order valence-corrected chi connectivity index (χ0v) is 11.2. The van der Waals surface area contributed by atoms with Crippen LogP contribution in [0.25, 0.3) is 11.0 Å². The lowest BCUT2D eigenvalue weighted by atomic mass is 10.3. The Morgan fingerprint density at radius 1 is 1.21 bits per heavy atom. The summed E-state index contributed by atoms with van der Waals surface area (Å²) in [6.07, 6.45) is 0. The van der Waals surface area contributed by atoms with Crippen LogP contribution < -0.4 is 5.32 Å². The molecule has 1 aromatic carbocycles. The van der Waals surface area contributed by atoms with Crippen LogP contribution in [0.2, 0.25) is 0 Å². The van der Waals surface area contributed by atoms with Crippen LogP contribution in [0.5, 0.6) is 0 Å². The third-order valence-electron chi connectivity index (χ3n) is 3.19. The van der Waals surface area contributed by atoms with Gasteiger partial charge >= 0.3 is 0 Å². The van der Waals surface area contributed by atoms with Crippen LogP contribution in [0.4, 0.5) is 5.95 Å². The highest BCUT2D eigenvalue weighted by Crippen LogP contribution is 2.20. The summed E-state index contributed by atoms with van der Waals surface area (Å²) in [5, 5.41) is 3.34. The molecule has 0 amide bonds. The van der Waals surface area contributed by atoms with E-state index in [1.165, 1.54) is 0 Å². The summed E-state index contributed by atoms with van der Waals surface area (Å²) >= 11 is 0. The van der Waals surface area contributed by atoms with Crippen molar-refractivity contribution in [1.82, 2.24) is 9.55 Å². The van der Waals surface area contributed by atoms with E-state index in [9.17, 15) is 0 Å². The first-order valence-electron chi connectivity index (χ1n) is 6.52. The van der Waals surface area contributed by atoms with E-state index in [2.05, 4.69) is 27.9 Å². The Kier molecular flexibility index (Phi) is 2.99. The minimum absolute atomic E-state index is 0.650. The Morgan fingerprint density at radius 3 is 2.79 bits per heavy atom. The number of aromatic nitrogens is 2. The normalized spacial score (nSPS) is 11.1. The molecular formula is C15H17N3O. The van der Waals surface area contributed by atoms with Crippen LogP contribution in [0.15, 0.2) is 40.8 Å². The molecule has 0 bridgehead atoms. The van der Waals surface area contributed by atoms with Crippen molar-refractivity contribution in [3.05, 3.63) is 47.9 Å². The number of rotatable bonds is 4. The molecule has 0 spiro atoms. The van der Waals surface area contributed by atoms with Crippen LogP contribution in [-0.2, 0) is 13.1 Å². The van der Waals surface area contributed by atoms with Gasteiger partial charge in [0.15, 0.2) is 0 Å². The van der Waals surface area contributed by atoms with E-state index >= 15 is 0 Å². The Bertz CT molecular complexity index is 696. The molecule has 19 heavy (non-hydrogen) atoms. The third kappa shape index (κ3) is 2.21. The molecule has 0 radical (unpaired) electrons. The van der Waals surface area contributed by atoms with E-state index in [-0.39, 0.29) is 0 Å². The van der Waals surface area contributed by atoms with E-state index in [1.807, 2.05) is 37.3 Å². The maximum atomic E-state index is 5.55. The van der Waals surface area contributed by atoms with Gasteiger partial charge in [-0.1, -0.05) is 12.1 Å². The van der Waals surface area contributed by atoms with Gasteiger partial charge in [0.25, 0.3) is 0 Å². The average molecular weight is 255 g/mol. The van der Waals surface area contributed by atoms with Gasteiger partial charge in [-0.3, -0.25) is 0 Å². The summed E-state index contributed by atoms with van der Waals surface area (Å²) in [4.78, 5) is 4.62. The van der Waals surface area contributed by atoms with Gasteiger partial charge in [0.2, 0.25) is 5.95 Å². The van der Waals surface area contributed by atoms with Gasteiger partial charge in [0, 0.05) is 6.54 Å². The number of fused-ring (bicyclic) bond motifs is 1. The van der Waals surface area contributed by atoms with Gasteiger partial charge in [0.1, 0.15) is 11.5 Å². The molecule has 98 valence electrons. The molecule has 4 nitrogen and oxygen atoms in total. The molecule has 0 aliphatic rings. The second kappa shape index (κ2) is 4.80. The second-order valence-electron chi connectivity index (χ2n) is 4.53. The highest BCUT2D eigenvalue weighted by Gasteiger charge is 2.09. The number of furan rings is 1. The minimum atomic E-state index is 0.650. The Hall–Kier alpha value is -2.23. The second-order valence-corrected chi connectivity index (χ2v) is 4.53. The summed E-state index contributed by atoms with van der Waals surface area (Å²) in [6, 6.07) is 12.1. The number of hydrogen-bond acceptors (Lipinski definition) is 3. The highest BCUT2D eigenvalue weighted by atomic mass is 16.3. The number of para-hydroxylation sites is 2. The van der Waals surface area contributed by atoms with Gasteiger partial charge < -0.3 is 14.3 Å². The van der Waals surface area contributed by atoms with E-state index in [4.69, 9.17) is 4.42 Å². The largest absolute Gasteiger partial charge is 0.465 e. The van der Waals surface area contributed by atoms with Crippen molar-refractivity contribution >= 4 is 17.0 Å². The fourth-order valence-corrected chi connectivity index (χ4v) is 2.28. The van der Waals surface area contributed by atoms with Crippen molar-refractivity contribution in [1.29, 1.82) is 0 Å². The molecular weight excluding hydrogens is 238 g/mol. The van der Waals surface area contributed by atoms with Crippen molar-refractivity contribution in [2.75, 3.05) is 5.32 Å². The lowest BCUT2D eigenvalue weighted by molar-refractivity contribution is 0.489. The van der Waals surface area contributed by atoms with E-state index in [0.29, 0.717) is 6.54 Å². The first kappa shape index (κ1) is 11.8. The molecule has 3 aromatic rings. The number of aryl methyl sites for hydroxylation is 2. The monoisotopic (exact) mass is 255 g/mol. The zero-order valence-electron chi connectivity index (χ0n) is 11.2. The minimum Gasteiger partial charge on any atom is -0.465 e. The predicted octanol–water partition coefficient (Wildman–Crippen LogP) is 3.57. The summed E-state index contributed by atoms with van der Waals surface area (Å²) < 4.78 is 7.73. The van der Waals surface area contributed by atoms with Crippen molar-refractivity contribution in [3.8, 4) is 0 Å². The number of hydrogen-bond donors (Lipinski definition) is 1. The molecule has 0 atom stereocenters. The smallest absolute Gasteiger partial charge is 0.204 e. The Balaban J connectivity index is 1.87. The van der Waals surface area contributed by atoms with E-state index in [0.717, 1.165) is 35.0 Å². The molecule has 0 saturated carbocycles. The van der Waals surface area contributed by atoms with Gasteiger partial charge in [-0.2, -0.15) is 0 Å². The van der Waals surface area contributed by atoms with Crippen LogP contribution in [0.3, 0.4) is 0 Å². The third-order valence-corrected chi connectivity index (χ3v) is 3.19. The molecule has 0 fully saturated rings. The van der Waals surface area contributed by atoms with Crippen LogP contribution in [-0.4, -0.2) is 9.55 Å². The lowest BCUT2D eigenvalue weighted by Crippen LogP contribution is -2.06. The summed E-state index contributed by atoms with van der Waals surface area (Å²) in [6.45, 7) is 5.61. The fourth-order valence-electron chi connectivity index (χ4n) is 2.28. The van der Waals surface area contributed by atoms with Crippen molar-refractivity contribution in [3.63, 3.8) is 0 Å². The Labute approximate surface area is 112 Å². The first-order valence-corrected chi connectivity index (χ1v) is 6.52. The molecule has 1 N–H and O–H groups in total. The zero-order chi connectivity index (χ0) is 13.2. The molecule has 0 aliphatic carbocycles. The molecule has 2 heterocycles. The van der Waals surface area contributed by atoms with Crippen LogP contribution in [0, 0.1) is 6.92 Å². The molecule has 0 unspecified atom stereocenters. The van der Waals surface area contributed by atoms with Crippen molar-refractivity contribution < 1.29 is 4.42 Å². The number of benzene rings is 1. The predicted molar refractivity (Wildman–Crippen MR) is 76.2 cm³/mol. The molecule has 3 rings (SSSR count). The van der Waals surface area contributed by atoms with Gasteiger partial charge in [-0.25, -0.2) is 4.98 Å². The highest BCUT2D eigenvalue weighted by molar-refractivity contribution is 5.78. The number of imidazole rings is 1. The van der Waals surface area contributed by atoms with Gasteiger partial charge in [0.05, 0.1) is 17.6 Å². The topological polar surface area (TPSA) is 43.0 Å². The number of nitrogens with zero attached hydrogens (tertiary/aromatic N) is 2. The molecule has 0 aliphatic heterocycles. The van der Waals surface area contributed by atoms with Gasteiger partial charge in [-0.15, -0.1) is 0 Å². The molecule has 0 saturated heterocycles. The number of nitrogens with one attached hydrogen (secondary N) is 1. The lowest BCUT2D eigenvalue weighted by Gasteiger charge is -2.07. The summed E-state index contributed by atoms with van der Waals surface area (Å²) in [5.41, 5.74) is 2.17. The first-order chi connectivity index (χ1) is 9.28. The van der Waals surface area contributed by atoms with Crippen LogP contribution >= 0.6 is 0 Å². The Morgan fingerprint density at radius 2 is 2.05 bits per heavy atom. The van der Waals surface area contributed by atoms with Crippen molar-refractivity contribution in [2.45, 2.75) is 26.9 Å². The fraction of sp³-hybridized carbons (Fsp3) is 0.267. The quantitative estimate of drug-likeness (QED) is 0.775.